The summed E-state index contributed by atoms with van der Waals surface area (Å²) in [5.74, 6) is -2.55. The Kier molecular flexibility index (Phi) is 8.05. The number of rotatable bonds is 9. The van der Waals surface area contributed by atoms with Gasteiger partial charge in [-0.2, -0.15) is 0 Å². The number of carbonyl (C=O) groups is 2. The fourth-order valence-corrected chi connectivity index (χ4v) is 2.81. The van der Waals surface area contributed by atoms with Crippen molar-refractivity contribution in [2.75, 3.05) is 33.8 Å². The van der Waals surface area contributed by atoms with Crippen LogP contribution in [0.1, 0.15) is 29.2 Å². The van der Waals surface area contributed by atoms with Gasteiger partial charge in [-0.25, -0.2) is 9.97 Å². The Morgan fingerprint density at radius 2 is 1.52 bits per heavy atom. The number of nitrogens with zero attached hydrogens (tertiary/aromatic N) is 2. The maximum atomic E-state index is 12.4. The first-order valence-corrected chi connectivity index (χ1v) is 8.82. The quantitative estimate of drug-likeness (QED) is 0.383. The second-order valence-electron chi connectivity index (χ2n) is 6.17. The van der Waals surface area contributed by atoms with E-state index in [4.69, 9.17) is 18.9 Å². The van der Waals surface area contributed by atoms with Gasteiger partial charge in [0.1, 0.15) is 5.69 Å². The van der Waals surface area contributed by atoms with Gasteiger partial charge in [-0.3, -0.25) is 9.59 Å². The molecule has 0 aliphatic heterocycles. The molecule has 1 heterocycles. The van der Waals surface area contributed by atoms with E-state index < -0.39 is 30.2 Å². The van der Waals surface area contributed by atoms with Crippen molar-refractivity contribution in [3.8, 4) is 0 Å². The van der Waals surface area contributed by atoms with E-state index >= 15 is 0 Å². The molecule has 0 saturated carbocycles. The third kappa shape index (κ3) is 5.49. The first-order chi connectivity index (χ1) is 13.9. The molecule has 0 amide bonds. The molecule has 0 aliphatic carbocycles. The number of nitrogens with one attached hydrogen (secondary N) is 1. The number of aryl methyl sites for hydroxylation is 1. The minimum atomic E-state index is -1.26. The smallest absolute Gasteiger partial charge is 0.322 e. The monoisotopic (exact) mass is 403 g/mol. The van der Waals surface area contributed by atoms with E-state index in [0.29, 0.717) is 11.3 Å². The number of aromatic nitrogens is 2. The van der Waals surface area contributed by atoms with Crippen molar-refractivity contribution in [3.63, 3.8) is 0 Å². The van der Waals surface area contributed by atoms with Gasteiger partial charge in [0.05, 0.1) is 20.3 Å². The molecule has 0 fully saturated rings. The minimum absolute atomic E-state index is 0.185. The van der Waals surface area contributed by atoms with E-state index in [1.807, 2.05) is 31.2 Å². The minimum Gasteiger partial charge on any atom is -0.468 e. The Hall–Kier alpha value is -3.04. The zero-order valence-corrected chi connectivity index (χ0v) is 17.0. The van der Waals surface area contributed by atoms with Crippen molar-refractivity contribution in [1.82, 2.24) is 9.97 Å². The molecule has 29 heavy (non-hydrogen) atoms. The van der Waals surface area contributed by atoms with E-state index in [1.54, 1.807) is 6.07 Å². The fraction of sp³-hybridized carbons (Fsp3) is 0.400. The number of anilines is 1. The highest BCUT2D eigenvalue weighted by Gasteiger charge is 2.38. The molecule has 1 aromatic heterocycles. The Morgan fingerprint density at radius 1 is 0.931 bits per heavy atom. The van der Waals surface area contributed by atoms with Crippen molar-refractivity contribution >= 4 is 17.9 Å². The van der Waals surface area contributed by atoms with Gasteiger partial charge >= 0.3 is 11.9 Å². The van der Waals surface area contributed by atoms with Gasteiger partial charge in [0, 0.05) is 20.4 Å². The lowest BCUT2D eigenvalue weighted by molar-refractivity contribution is -0.159. The standard InChI is InChI=1S/C20H25N3O6/c1-12-6-8-13(9-7-12)16(15(17(24)26-2)18(25)27-3)23-20-21-11-10-14(22-20)19(28-4)29-5/h6-11,15-16,19H,1-5H3,(H,21,22,23)/t16-/m0/s1. The zero-order valence-electron chi connectivity index (χ0n) is 17.0. The van der Waals surface area contributed by atoms with Crippen LogP contribution in [-0.2, 0) is 28.5 Å². The number of methoxy groups -OCH3 is 4. The Morgan fingerprint density at radius 3 is 2.03 bits per heavy atom. The van der Waals surface area contributed by atoms with Crippen molar-refractivity contribution in [3.05, 3.63) is 53.3 Å². The average Bonchev–Trinajstić information content (AvgIpc) is 2.74. The van der Waals surface area contributed by atoms with Crippen LogP contribution in [0.15, 0.2) is 36.5 Å². The SMILES string of the molecule is COC(=O)C(C(=O)OC)[C@@H](Nc1nccc(C(OC)OC)n1)c1ccc(C)cc1. The van der Waals surface area contributed by atoms with Crippen LogP contribution in [0.5, 0.6) is 0 Å². The van der Waals surface area contributed by atoms with Crippen LogP contribution in [0.4, 0.5) is 5.95 Å². The normalized spacial score (nSPS) is 12.0. The molecule has 0 saturated heterocycles. The first-order valence-electron chi connectivity index (χ1n) is 8.82. The van der Waals surface area contributed by atoms with Gasteiger partial charge in [0.2, 0.25) is 12.2 Å². The van der Waals surface area contributed by atoms with Crippen LogP contribution < -0.4 is 5.32 Å². The van der Waals surface area contributed by atoms with Crippen LogP contribution >= 0.6 is 0 Å². The summed E-state index contributed by atoms with van der Waals surface area (Å²) in [6.45, 7) is 1.94. The Balaban J connectivity index is 2.47. The maximum absolute atomic E-state index is 12.4. The topological polar surface area (TPSA) is 109 Å². The van der Waals surface area contributed by atoms with Crippen molar-refractivity contribution in [2.45, 2.75) is 19.3 Å². The molecule has 1 N–H and O–H groups in total. The fourth-order valence-electron chi connectivity index (χ4n) is 2.81. The highest BCUT2D eigenvalue weighted by Crippen LogP contribution is 2.29. The largest absolute Gasteiger partial charge is 0.468 e. The van der Waals surface area contributed by atoms with Crippen LogP contribution in [0.25, 0.3) is 0 Å². The molecule has 1 atom stereocenters. The summed E-state index contributed by atoms with van der Waals surface area (Å²) >= 11 is 0. The molecule has 2 aromatic rings. The highest BCUT2D eigenvalue weighted by atomic mass is 16.7. The van der Waals surface area contributed by atoms with E-state index in [9.17, 15) is 9.59 Å². The average molecular weight is 403 g/mol. The van der Waals surface area contributed by atoms with Gasteiger partial charge in [0.25, 0.3) is 0 Å². The number of esters is 2. The summed E-state index contributed by atoms with van der Waals surface area (Å²) in [5, 5.41) is 3.05. The third-order valence-corrected chi connectivity index (χ3v) is 4.31. The Bertz CT molecular complexity index is 807. The summed E-state index contributed by atoms with van der Waals surface area (Å²) in [4.78, 5) is 33.4. The number of hydrogen-bond acceptors (Lipinski definition) is 9. The molecule has 2 rings (SSSR count). The van der Waals surface area contributed by atoms with E-state index in [1.165, 1.54) is 34.6 Å². The van der Waals surface area contributed by atoms with Crippen LogP contribution in [-0.4, -0.2) is 50.3 Å². The van der Waals surface area contributed by atoms with Crippen LogP contribution in [0.3, 0.4) is 0 Å². The summed E-state index contributed by atoms with van der Waals surface area (Å²) in [6.07, 6.45) is 0.834. The highest BCUT2D eigenvalue weighted by molar-refractivity contribution is 5.96. The molecule has 0 bridgehead atoms. The zero-order chi connectivity index (χ0) is 21.4. The molecule has 9 nitrogen and oxygen atoms in total. The van der Waals surface area contributed by atoms with E-state index in [2.05, 4.69) is 15.3 Å². The molecule has 1 aromatic carbocycles. The lowest BCUT2D eigenvalue weighted by Crippen LogP contribution is -2.36. The molecule has 0 aliphatic rings. The number of hydrogen-bond donors (Lipinski definition) is 1. The van der Waals surface area contributed by atoms with E-state index in [-0.39, 0.29) is 5.95 Å². The molecule has 0 unspecified atom stereocenters. The summed E-state index contributed by atoms with van der Waals surface area (Å²) in [5.41, 5.74) is 2.17. The molecular weight excluding hydrogens is 378 g/mol. The molecule has 0 radical (unpaired) electrons. The van der Waals surface area contributed by atoms with Crippen LogP contribution in [0, 0.1) is 12.8 Å². The van der Waals surface area contributed by atoms with E-state index in [0.717, 1.165) is 5.56 Å². The van der Waals surface area contributed by atoms with Gasteiger partial charge in [0.15, 0.2) is 5.92 Å². The predicted octanol–water partition coefficient (Wildman–Crippen LogP) is 2.19. The third-order valence-electron chi connectivity index (χ3n) is 4.31. The summed E-state index contributed by atoms with van der Waals surface area (Å²) in [7, 11) is 5.40. The van der Waals surface area contributed by atoms with Gasteiger partial charge in [-0.1, -0.05) is 29.8 Å². The van der Waals surface area contributed by atoms with Gasteiger partial charge < -0.3 is 24.3 Å². The molecule has 0 spiro atoms. The van der Waals surface area contributed by atoms with Crippen molar-refractivity contribution in [2.24, 2.45) is 5.92 Å². The Labute approximate surface area is 169 Å². The lowest BCUT2D eigenvalue weighted by atomic mass is 9.92. The van der Waals surface area contributed by atoms with Crippen LogP contribution in [0.2, 0.25) is 0 Å². The molecule has 156 valence electrons. The second-order valence-corrected chi connectivity index (χ2v) is 6.17. The molecule has 9 heteroatoms. The number of ether oxygens (including phenoxy) is 4. The van der Waals surface area contributed by atoms with Gasteiger partial charge in [-0.15, -0.1) is 0 Å². The number of benzene rings is 1. The van der Waals surface area contributed by atoms with Crippen molar-refractivity contribution in [1.29, 1.82) is 0 Å². The predicted molar refractivity (Wildman–Crippen MR) is 104 cm³/mol. The number of carbonyl (C=O) groups excluding carboxylic acids is 2. The second kappa shape index (κ2) is 10.5. The lowest BCUT2D eigenvalue weighted by Gasteiger charge is -2.25. The van der Waals surface area contributed by atoms with Gasteiger partial charge in [-0.05, 0) is 18.6 Å². The molecular formula is C20H25N3O6. The van der Waals surface area contributed by atoms with Crippen molar-refractivity contribution < 1.29 is 28.5 Å². The first kappa shape index (κ1) is 22.3. The summed E-state index contributed by atoms with van der Waals surface area (Å²) < 4.78 is 20.1. The summed E-state index contributed by atoms with van der Waals surface area (Å²) in [6, 6.07) is 8.18. The maximum Gasteiger partial charge on any atom is 0.322 e.